The number of esters is 2. The number of carbonyl (C=O) groups excluding carboxylic acids is 2. The number of nitrogens with zero attached hydrogens (tertiary/aromatic N) is 1. The van der Waals surface area contributed by atoms with Crippen molar-refractivity contribution < 1.29 is 38.2 Å². The summed E-state index contributed by atoms with van der Waals surface area (Å²) in [5, 5.41) is 9.65. The van der Waals surface area contributed by atoms with Gasteiger partial charge in [-0.1, -0.05) is 180 Å². The Kier molecular flexibility index (Phi) is 41.9. The molecule has 8 nitrogen and oxygen atoms in total. The molecule has 0 amide bonds. The molecule has 0 aromatic heterocycles. The molecule has 358 valence electrons. The summed E-state index contributed by atoms with van der Waals surface area (Å²) in [6, 6.07) is -0.635. The first-order valence-electron chi connectivity index (χ1n) is 24.3. The Morgan fingerprint density at radius 2 is 0.938 bits per heavy atom. The molecule has 1 N–H and O–H groups in total. The number of ether oxygens (including phenoxy) is 3. The highest BCUT2D eigenvalue weighted by Gasteiger charge is 2.31. The van der Waals surface area contributed by atoms with Gasteiger partial charge in [-0.15, -0.1) is 0 Å². The maximum absolute atomic E-state index is 12.8. The van der Waals surface area contributed by atoms with E-state index in [0.29, 0.717) is 12.8 Å². The maximum atomic E-state index is 12.8. The van der Waals surface area contributed by atoms with Crippen molar-refractivity contribution >= 4 is 17.9 Å². The van der Waals surface area contributed by atoms with Gasteiger partial charge in [-0.05, 0) is 83.5 Å². The summed E-state index contributed by atoms with van der Waals surface area (Å²) in [7, 11) is 5.49. The van der Waals surface area contributed by atoms with Gasteiger partial charge >= 0.3 is 17.9 Å². The number of unbranched alkanes of at least 4 members (excludes halogenated alkanes) is 9. The zero-order chi connectivity index (χ0) is 47.0. The van der Waals surface area contributed by atoms with Crippen LogP contribution in [0.25, 0.3) is 0 Å². The largest absolute Gasteiger partial charge is 0.477 e. The molecular weight excluding hydrogens is 799 g/mol. The number of hydrogen-bond donors (Lipinski definition) is 1. The number of likely N-dealkylation sites (N-methyl/N-ethyl adjacent to an activating group) is 1. The molecule has 0 aromatic rings. The highest BCUT2D eigenvalue weighted by Crippen LogP contribution is 2.12. The first-order chi connectivity index (χ1) is 31.1. The van der Waals surface area contributed by atoms with Crippen molar-refractivity contribution in [1.29, 1.82) is 0 Å². The minimum absolute atomic E-state index is 0.0290. The van der Waals surface area contributed by atoms with Crippen molar-refractivity contribution in [3.63, 3.8) is 0 Å². The van der Waals surface area contributed by atoms with Crippen LogP contribution in [0.15, 0.2) is 134 Å². The third-order valence-electron chi connectivity index (χ3n) is 9.89. The average molecular weight is 887 g/mol. The Morgan fingerprint density at radius 1 is 0.500 bits per heavy atom. The minimum atomic E-state index is -0.891. The molecule has 2 atom stereocenters. The number of carboxylic acids is 1. The summed E-state index contributed by atoms with van der Waals surface area (Å²) in [6.07, 6.45) is 64.9. The Hall–Kier alpha value is -4.53. The molecule has 0 aliphatic heterocycles. The molecule has 0 fully saturated rings. The number of carbonyl (C=O) groups is 3. The van der Waals surface area contributed by atoms with Gasteiger partial charge in [0.05, 0.1) is 34.4 Å². The second kappa shape index (κ2) is 45.1. The monoisotopic (exact) mass is 887 g/mol. The second-order valence-corrected chi connectivity index (χ2v) is 16.7. The highest BCUT2D eigenvalue weighted by molar-refractivity contribution is 5.72. The van der Waals surface area contributed by atoms with Crippen LogP contribution in [0.2, 0.25) is 0 Å². The smallest absolute Gasteiger partial charge is 0.362 e. The predicted molar refractivity (Wildman–Crippen MR) is 270 cm³/mol. The van der Waals surface area contributed by atoms with Crippen LogP contribution in [-0.2, 0) is 28.6 Å². The number of aliphatic carboxylic acids is 1. The Balaban J connectivity index is 4.45. The molecule has 64 heavy (non-hydrogen) atoms. The van der Waals surface area contributed by atoms with Gasteiger partial charge in [0.25, 0.3) is 0 Å². The number of rotatable bonds is 41. The zero-order valence-corrected chi connectivity index (χ0v) is 40.7. The molecule has 0 rings (SSSR count). The third-order valence-corrected chi connectivity index (χ3v) is 9.89. The average Bonchev–Trinajstić information content (AvgIpc) is 3.26. The Labute approximate surface area is 390 Å². The first kappa shape index (κ1) is 59.5. The number of carboxylic acid groups (broad SMARTS) is 1. The fourth-order valence-corrected chi connectivity index (χ4v) is 6.18. The fraction of sp³-hybridized carbons (Fsp3) is 0.554. The van der Waals surface area contributed by atoms with E-state index in [1.54, 1.807) is 0 Å². The van der Waals surface area contributed by atoms with Crippen LogP contribution < -0.4 is 0 Å². The summed E-state index contributed by atoms with van der Waals surface area (Å²) in [5.74, 6) is -1.56. The fourth-order valence-electron chi connectivity index (χ4n) is 6.18. The second-order valence-electron chi connectivity index (χ2n) is 16.7. The van der Waals surface area contributed by atoms with Gasteiger partial charge in [-0.2, -0.15) is 0 Å². The lowest BCUT2D eigenvalue weighted by Crippen LogP contribution is -2.50. The van der Waals surface area contributed by atoms with Crippen LogP contribution in [-0.4, -0.2) is 80.6 Å². The summed E-state index contributed by atoms with van der Waals surface area (Å²) in [6.45, 7) is 4.44. The zero-order valence-electron chi connectivity index (χ0n) is 40.7. The van der Waals surface area contributed by atoms with Gasteiger partial charge < -0.3 is 23.8 Å². The lowest BCUT2D eigenvalue weighted by atomic mass is 10.1. The van der Waals surface area contributed by atoms with Gasteiger partial charge in [0.2, 0.25) is 0 Å². The van der Waals surface area contributed by atoms with E-state index in [0.717, 1.165) is 109 Å². The SMILES string of the molecule is CC/C=C/C/C=C/C/C=C/C/C=C/C/C=C/C/C=C/CCCCCC(=O)OCC(COCCC(C(=O)O)[N+](C)(C)C)OC(=O)CCCCCCC/C=C/C=C/C=C/C=C/C=C/CCC. The van der Waals surface area contributed by atoms with Gasteiger partial charge in [0, 0.05) is 19.3 Å². The van der Waals surface area contributed by atoms with E-state index in [-0.39, 0.29) is 42.7 Å². The van der Waals surface area contributed by atoms with Crippen molar-refractivity contribution in [2.75, 3.05) is 41.0 Å². The third kappa shape index (κ3) is 42.8. The van der Waals surface area contributed by atoms with Crippen molar-refractivity contribution in [1.82, 2.24) is 0 Å². The van der Waals surface area contributed by atoms with Crippen LogP contribution >= 0.6 is 0 Å². The van der Waals surface area contributed by atoms with Gasteiger partial charge in [0.1, 0.15) is 6.61 Å². The van der Waals surface area contributed by atoms with Crippen molar-refractivity contribution in [2.45, 2.75) is 161 Å². The van der Waals surface area contributed by atoms with E-state index < -0.39 is 18.1 Å². The lowest BCUT2D eigenvalue weighted by molar-refractivity contribution is -0.887. The highest BCUT2D eigenvalue weighted by atomic mass is 16.6. The maximum Gasteiger partial charge on any atom is 0.362 e. The van der Waals surface area contributed by atoms with E-state index in [4.69, 9.17) is 14.2 Å². The van der Waals surface area contributed by atoms with Crippen LogP contribution in [0.3, 0.4) is 0 Å². The molecule has 0 heterocycles. The van der Waals surface area contributed by atoms with Gasteiger partial charge in [0.15, 0.2) is 12.1 Å². The summed E-state index contributed by atoms with van der Waals surface area (Å²) in [5.41, 5.74) is 0. The Morgan fingerprint density at radius 3 is 1.45 bits per heavy atom. The standard InChI is InChI=1S/C56H87NO7/c1-6-8-10-12-14-16-18-20-22-24-26-27-28-29-31-32-34-36-38-40-42-44-46-54(58)63-51-52(50-62-49-48-53(56(60)61)57(3,4)5)64-55(59)47-45-43-41-39-37-35-33-30-25-23-21-19-17-15-13-11-9-7-2/h8,10-11,13-17,19-23,25-27,29-31,33-34,36,52-53H,6-7,9,12,18,24,28,32,35,37-51H2,1-5H3/p+1/b10-8+,13-11+,16-14+,17-15+,21-19+,22-20+,25-23+,27-26+,31-29+,33-30+,36-34+. The van der Waals surface area contributed by atoms with Gasteiger partial charge in [-0.3, -0.25) is 9.59 Å². The van der Waals surface area contributed by atoms with E-state index in [1.807, 2.05) is 57.6 Å². The molecule has 0 spiro atoms. The lowest BCUT2D eigenvalue weighted by Gasteiger charge is -2.31. The van der Waals surface area contributed by atoms with Crippen LogP contribution in [0.4, 0.5) is 0 Å². The molecule has 0 aromatic carbocycles. The van der Waals surface area contributed by atoms with Gasteiger partial charge in [-0.25, -0.2) is 4.79 Å². The van der Waals surface area contributed by atoms with Crippen LogP contribution in [0.5, 0.6) is 0 Å². The van der Waals surface area contributed by atoms with E-state index >= 15 is 0 Å². The van der Waals surface area contributed by atoms with E-state index in [9.17, 15) is 19.5 Å². The molecule has 0 radical (unpaired) electrons. The molecule has 0 bridgehead atoms. The normalized spacial score (nSPS) is 14.1. The molecule has 2 unspecified atom stereocenters. The van der Waals surface area contributed by atoms with E-state index in [2.05, 4.69) is 111 Å². The number of allylic oxidation sites excluding steroid dienone is 22. The molecular formula is C56H88NO7+. The molecule has 0 saturated heterocycles. The van der Waals surface area contributed by atoms with Crippen molar-refractivity contribution in [3.8, 4) is 0 Å². The summed E-state index contributed by atoms with van der Waals surface area (Å²) in [4.78, 5) is 37.1. The number of hydrogen-bond acceptors (Lipinski definition) is 6. The molecule has 0 aliphatic rings. The summed E-state index contributed by atoms with van der Waals surface area (Å²) < 4.78 is 17.3. The quantitative estimate of drug-likeness (QED) is 0.0215. The topological polar surface area (TPSA) is 99.1 Å². The molecule has 8 heteroatoms. The van der Waals surface area contributed by atoms with Crippen LogP contribution in [0.1, 0.15) is 149 Å². The minimum Gasteiger partial charge on any atom is -0.477 e. The van der Waals surface area contributed by atoms with Crippen molar-refractivity contribution in [3.05, 3.63) is 134 Å². The molecule has 0 aliphatic carbocycles. The first-order valence-corrected chi connectivity index (χ1v) is 24.3. The number of quaternary nitrogens is 1. The Bertz CT molecular complexity index is 1500. The predicted octanol–water partition coefficient (Wildman–Crippen LogP) is 14.0. The summed E-state index contributed by atoms with van der Waals surface area (Å²) >= 11 is 0. The van der Waals surface area contributed by atoms with Crippen molar-refractivity contribution in [2.24, 2.45) is 0 Å². The van der Waals surface area contributed by atoms with Crippen LogP contribution in [0, 0.1) is 0 Å². The van der Waals surface area contributed by atoms with E-state index in [1.165, 1.54) is 6.42 Å². The molecule has 0 saturated carbocycles.